The lowest BCUT2D eigenvalue weighted by molar-refractivity contribution is 0.135. The monoisotopic (exact) mass is 203 g/mol. The number of urea groups is 1. The zero-order valence-corrected chi connectivity index (χ0v) is 9.32. The number of nitrogens with zero attached hydrogens (tertiary/aromatic N) is 2. The molecule has 0 aliphatic rings. The molecular formula is C9H21N3O2. The van der Waals surface area contributed by atoms with Gasteiger partial charge in [-0.25, -0.2) is 4.79 Å². The molecule has 0 aliphatic heterocycles. The normalized spacial score (nSPS) is 10.0. The van der Waals surface area contributed by atoms with E-state index >= 15 is 0 Å². The van der Waals surface area contributed by atoms with Crippen LogP contribution in [0.5, 0.6) is 0 Å². The molecule has 84 valence electrons. The number of carbonyl (C=O) groups excluding carboxylic acids is 1. The second-order valence-corrected chi connectivity index (χ2v) is 3.30. The Labute approximate surface area is 85.8 Å². The molecule has 0 radical (unpaired) electrons. The Morgan fingerprint density at radius 1 is 1.36 bits per heavy atom. The van der Waals surface area contributed by atoms with Crippen molar-refractivity contribution in [1.82, 2.24) is 9.80 Å². The Kier molecular flexibility index (Phi) is 7.14. The van der Waals surface area contributed by atoms with Crippen molar-refractivity contribution in [3.63, 3.8) is 0 Å². The fourth-order valence-electron chi connectivity index (χ4n) is 1.07. The van der Waals surface area contributed by atoms with Crippen LogP contribution in [0.3, 0.4) is 0 Å². The van der Waals surface area contributed by atoms with Crippen LogP contribution in [-0.2, 0) is 4.74 Å². The summed E-state index contributed by atoms with van der Waals surface area (Å²) < 4.78 is 4.94. The van der Waals surface area contributed by atoms with Crippen molar-refractivity contribution in [2.75, 3.05) is 47.4 Å². The average Bonchev–Trinajstić information content (AvgIpc) is 2.17. The molecule has 2 amide bonds. The molecule has 0 saturated carbocycles. The maximum atomic E-state index is 11.6. The molecule has 0 aromatic rings. The third-order valence-corrected chi connectivity index (χ3v) is 1.85. The van der Waals surface area contributed by atoms with Gasteiger partial charge in [-0.15, -0.1) is 0 Å². The molecule has 0 aromatic heterocycles. The molecule has 0 aliphatic carbocycles. The zero-order chi connectivity index (χ0) is 11.0. The van der Waals surface area contributed by atoms with Crippen LogP contribution in [0.2, 0.25) is 0 Å². The number of rotatable bonds is 6. The number of nitrogens with two attached hydrogens (primary N) is 1. The van der Waals surface area contributed by atoms with Gasteiger partial charge in [0.05, 0.1) is 6.61 Å². The van der Waals surface area contributed by atoms with E-state index in [9.17, 15) is 4.79 Å². The number of ether oxygens (including phenoxy) is 1. The summed E-state index contributed by atoms with van der Waals surface area (Å²) >= 11 is 0. The van der Waals surface area contributed by atoms with Gasteiger partial charge >= 0.3 is 6.03 Å². The molecule has 0 spiro atoms. The van der Waals surface area contributed by atoms with E-state index in [1.165, 1.54) is 0 Å². The summed E-state index contributed by atoms with van der Waals surface area (Å²) in [5.41, 5.74) is 5.40. The molecule has 5 nitrogen and oxygen atoms in total. The molecule has 0 heterocycles. The standard InChI is InChI=1S/C9H21N3O2/c1-11(2)9(13)12(6-4-5-10)7-8-14-3/h4-8,10H2,1-3H3. The van der Waals surface area contributed by atoms with Crippen molar-refractivity contribution < 1.29 is 9.53 Å². The van der Waals surface area contributed by atoms with Crippen molar-refractivity contribution in [2.24, 2.45) is 5.73 Å². The smallest absolute Gasteiger partial charge is 0.319 e. The third kappa shape index (κ3) is 5.04. The van der Waals surface area contributed by atoms with E-state index in [1.54, 1.807) is 31.0 Å². The highest BCUT2D eigenvalue weighted by molar-refractivity contribution is 5.73. The number of methoxy groups -OCH3 is 1. The highest BCUT2D eigenvalue weighted by Gasteiger charge is 2.13. The van der Waals surface area contributed by atoms with Crippen molar-refractivity contribution in [3.8, 4) is 0 Å². The van der Waals surface area contributed by atoms with Crippen LogP contribution in [0, 0.1) is 0 Å². The van der Waals surface area contributed by atoms with Gasteiger partial charge in [-0.3, -0.25) is 0 Å². The van der Waals surface area contributed by atoms with Crippen molar-refractivity contribution >= 4 is 6.03 Å². The second kappa shape index (κ2) is 7.58. The second-order valence-electron chi connectivity index (χ2n) is 3.30. The van der Waals surface area contributed by atoms with E-state index < -0.39 is 0 Å². The number of amides is 2. The molecular weight excluding hydrogens is 182 g/mol. The van der Waals surface area contributed by atoms with E-state index in [2.05, 4.69) is 0 Å². The van der Waals surface area contributed by atoms with Gasteiger partial charge in [-0.05, 0) is 13.0 Å². The van der Waals surface area contributed by atoms with E-state index in [-0.39, 0.29) is 6.03 Å². The number of carbonyl (C=O) groups is 1. The zero-order valence-electron chi connectivity index (χ0n) is 9.32. The molecule has 0 unspecified atom stereocenters. The summed E-state index contributed by atoms with van der Waals surface area (Å²) in [6, 6.07) is 0.00972. The van der Waals surface area contributed by atoms with Crippen molar-refractivity contribution in [2.45, 2.75) is 6.42 Å². The van der Waals surface area contributed by atoms with Gasteiger partial charge in [-0.2, -0.15) is 0 Å². The first-order valence-electron chi connectivity index (χ1n) is 4.78. The quantitative estimate of drug-likeness (QED) is 0.659. The first-order chi connectivity index (χ1) is 6.63. The number of hydrogen-bond donors (Lipinski definition) is 1. The molecule has 0 bridgehead atoms. The van der Waals surface area contributed by atoms with Crippen LogP contribution in [0.1, 0.15) is 6.42 Å². The molecule has 0 saturated heterocycles. The van der Waals surface area contributed by atoms with Crippen LogP contribution < -0.4 is 5.73 Å². The van der Waals surface area contributed by atoms with E-state index in [1.807, 2.05) is 0 Å². The fraction of sp³-hybridized carbons (Fsp3) is 0.889. The maximum absolute atomic E-state index is 11.6. The van der Waals surface area contributed by atoms with Crippen LogP contribution in [-0.4, -0.2) is 63.3 Å². The van der Waals surface area contributed by atoms with Gasteiger partial charge in [0.15, 0.2) is 0 Å². The summed E-state index contributed by atoms with van der Waals surface area (Å²) in [5, 5.41) is 0. The Bertz CT molecular complexity index is 154. The molecule has 0 aromatic carbocycles. The predicted octanol–water partition coefficient (Wildman–Crippen LogP) is -0.0348. The van der Waals surface area contributed by atoms with Gasteiger partial charge in [0.25, 0.3) is 0 Å². The lowest BCUT2D eigenvalue weighted by atomic mass is 10.4. The Morgan fingerprint density at radius 2 is 2.00 bits per heavy atom. The van der Waals surface area contributed by atoms with Gasteiger partial charge < -0.3 is 20.3 Å². The lowest BCUT2D eigenvalue weighted by Crippen LogP contribution is -2.42. The molecule has 5 heteroatoms. The van der Waals surface area contributed by atoms with E-state index in [4.69, 9.17) is 10.5 Å². The van der Waals surface area contributed by atoms with Crippen molar-refractivity contribution in [3.05, 3.63) is 0 Å². The van der Waals surface area contributed by atoms with Crippen LogP contribution in [0.4, 0.5) is 4.79 Å². The first kappa shape index (κ1) is 13.2. The summed E-state index contributed by atoms with van der Waals surface area (Å²) in [6.45, 7) is 2.47. The van der Waals surface area contributed by atoms with Gasteiger partial charge in [0.2, 0.25) is 0 Å². The highest BCUT2D eigenvalue weighted by Crippen LogP contribution is 1.96. The van der Waals surface area contributed by atoms with Crippen LogP contribution in [0.25, 0.3) is 0 Å². The minimum atomic E-state index is 0.00972. The largest absolute Gasteiger partial charge is 0.383 e. The predicted molar refractivity (Wildman–Crippen MR) is 56.2 cm³/mol. The molecule has 0 fully saturated rings. The first-order valence-corrected chi connectivity index (χ1v) is 4.78. The Morgan fingerprint density at radius 3 is 2.43 bits per heavy atom. The molecule has 14 heavy (non-hydrogen) atoms. The molecule has 0 rings (SSSR count). The minimum absolute atomic E-state index is 0.00972. The lowest BCUT2D eigenvalue weighted by Gasteiger charge is -2.25. The SMILES string of the molecule is COCCN(CCCN)C(=O)N(C)C. The van der Waals surface area contributed by atoms with Crippen LogP contribution >= 0.6 is 0 Å². The topological polar surface area (TPSA) is 58.8 Å². The Balaban J connectivity index is 4.01. The van der Waals surface area contributed by atoms with E-state index in [0.717, 1.165) is 6.42 Å². The fourth-order valence-corrected chi connectivity index (χ4v) is 1.07. The third-order valence-electron chi connectivity index (χ3n) is 1.85. The summed E-state index contributed by atoms with van der Waals surface area (Å²) in [4.78, 5) is 14.9. The summed E-state index contributed by atoms with van der Waals surface area (Å²) in [7, 11) is 5.11. The van der Waals surface area contributed by atoms with E-state index in [0.29, 0.717) is 26.2 Å². The van der Waals surface area contributed by atoms with Gasteiger partial charge in [-0.1, -0.05) is 0 Å². The van der Waals surface area contributed by atoms with Crippen LogP contribution in [0.15, 0.2) is 0 Å². The minimum Gasteiger partial charge on any atom is -0.383 e. The van der Waals surface area contributed by atoms with Gasteiger partial charge in [0, 0.05) is 34.3 Å². The van der Waals surface area contributed by atoms with Crippen molar-refractivity contribution in [1.29, 1.82) is 0 Å². The number of hydrogen-bond acceptors (Lipinski definition) is 3. The van der Waals surface area contributed by atoms with Gasteiger partial charge in [0.1, 0.15) is 0 Å². The molecule has 0 atom stereocenters. The molecule has 2 N–H and O–H groups in total. The summed E-state index contributed by atoms with van der Waals surface area (Å²) in [5.74, 6) is 0. The highest BCUT2D eigenvalue weighted by atomic mass is 16.5. The maximum Gasteiger partial charge on any atom is 0.319 e. The Hall–Kier alpha value is -0.810. The summed E-state index contributed by atoms with van der Waals surface area (Å²) in [6.07, 6.45) is 0.823. The average molecular weight is 203 g/mol.